The molecular weight excluding hydrogens is 398 g/mol. The third-order valence-electron chi connectivity index (χ3n) is 5.01. The number of ether oxygens (including phenoxy) is 1. The van der Waals surface area contributed by atoms with E-state index >= 15 is 0 Å². The van der Waals surface area contributed by atoms with Gasteiger partial charge in [-0.15, -0.1) is 0 Å². The molecule has 3 amide bonds. The van der Waals surface area contributed by atoms with Gasteiger partial charge in [-0.3, -0.25) is 10.1 Å². The number of hydrogen-bond acceptors (Lipinski definition) is 7. The molecule has 29 heavy (non-hydrogen) atoms. The van der Waals surface area contributed by atoms with Crippen molar-refractivity contribution in [1.29, 1.82) is 0 Å². The van der Waals surface area contributed by atoms with Crippen molar-refractivity contribution in [2.24, 2.45) is 4.99 Å². The van der Waals surface area contributed by atoms with Crippen LogP contribution >= 0.6 is 11.6 Å². The highest BCUT2D eigenvalue weighted by atomic mass is 35.5. The van der Waals surface area contributed by atoms with Crippen LogP contribution < -0.4 is 15.4 Å². The number of β-amino-alcohol motifs (C(OH)–C–C–N with tert-alkyl or cyclic N) is 1. The molecule has 1 aromatic rings. The van der Waals surface area contributed by atoms with Crippen LogP contribution in [0, 0.1) is 0 Å². The number of aliphatic hydroxyl groups is 1. The van der Waals surface area contributed by atoms with Gasteiger partial charge in [-0.25, -0.2) is 9.79 Å². The van der Waals surface area contributed by atoms with E-state index in [9.17, 15) is 14.7 Å². The summed E-state index contributed by atoms with van der Waals surface area (Å²) in [4.78, 5) is 32.1. The van der Waals surface area contributed by atoms with Gasteiger partial charge >= 0.3 is 6.03 Å². The van der Waals surface area contributed by atoms with E-state index in [4.69, 9.17) is 16.3 Å². The minimum atomic E-state index is -0.885. The number of rotatable bonds is 7. The number of nitrogens with zero attached hydrogens (tertiary/aromatic N) is 3. The van der Waals surface area contributed by atoms with Crippen LogP contribution in [-0.2, 0) is 4.79 Å². The van der Waals surface area contributed by atoms with Crippen molar-refractivity contribution in [3.05, 3.63) is 29.3 Å². The Morgan fingerprint density at radius 2 is 2.03 bits per heavy atom. The fraction of sp³-hybridized carbons (Fsp3) is 0.526. The molecule has 1 aromatic carbocycles. The van der Waals surface area contributed by atoms with Gasteiger partial charge in [0.1, 0.15) is 18.5 Å². The summed E-state index contributed by atoms with van der Waals surface area (Å²) in [5, 5.41) is 16.7. The number of carbonyl (C=O) groups excluding carboxylic acids is 2. The number of nitrogens with one attached hydrogen (secondary N) is 2. The monoisotopic (exact) mass is 423 g/mol. The van der Waals surface area contributed by atoms with Gasteiger partial charge < -0.3 is 25.0 Å². The average Bonchev–Trinajstić information content (AvgIpc) is 3.04. The maximum atomic E-state index is 12.5. The zero-order valence-electron chi connectivity index (χ0n) is 16.6. The van der Waals surface area contributed by atoms with Gasteiger partial charge in [-0.2, -0.15) is 0 Å². The number of benzene rings is 1. The quantitative estimate of drug-likeness (QED) is 0.604. The number of urea groups is 1. The molecule has 1 saturated heterocycles. The number of halogens is 1. The number of fused-ring (bicyclic) bond motifs is 1. The molecule has 10 heteroatoms. The first kappa shape index (κ1) is 21.2. The van der Waals surface area contributed by atoms with Crippen molar-refractivity contribution < 1.29 is 19.4 Å². The zero-order chi connectivity index (χ0) is 21.1. The number of aliphatic imine (C=N–C) groups is 1. The summed E-state index contributed by atoms with van der Waals surface area (Å²) in [5.74, 6) is 0.630. The molecule has 0 spiro atoms. The van der Waals surface area contributed by atoms with Crippen LogP contribution in [0.4, 0.5) is 4.79 Å². The Balaban J connectivity index is 1.71. The fourth-order valence-electron chi connectivity index (χ4n) is 3.17. The molecule has 1 fully saturated rings. The van der Waals surface area contributed by atoms with Crippen molar-refractivity contribution in [2.45, 2.75) is 44.6 Å². The predicted octanol–water partition coefficient (Wildman–Crippen LogP) is 1.02. The zero-order valence-corrected chi connectivity index (χ0v) is 17.4. The molecule has 0 bridgehead atoms. The molecule has 2 heterocycles. The maximum Gasteiger partial charge on any atom is 0.325 e. The van der Waals surface area contributed by atoms with Crippen molar-refractivity contribution in [1.82, 2.24) is 20.4 Å². The molecule has 3 rings (SSSR count). The van der Waals surface area contributed by atoms with Crippen LogP contribution in [0.3, 0.4) is 0 Å². The van der Waals surface area contributed by atoms with Crippen molar-refractivity contribution in [3.63, 3.8) is 0 Å². The van der Waals surface area contributed by atoms with Crippen LogP contribution in [0.1, 0.15) is 20.3 Å². The standard InChI is InChI=1S/C19H26ClN5O4/c1-4-11(2)21-18-22-16-15(17(27)23-19(28)24(16)3)25(18)9-13(26)10-29-14-7-5-12(20)6-8-14/h5-8,11,13,15-16,26H,4,9-10H2,1-3H3,(H,21,22)(H,23,27,28). The molecule has 0 aromatic heterocycles. The Bertz CT molecular complexity index is 787. The SMILES string of the molecule is CCC(C)NC1=NC2C(C(=O)NC(=O)N2C)N1CC(O)COc1ccc(Cl)cc1. The van der Waals surface area contributed by atoms with Gasteiger partial charge in [0.05, 0.1) is 6.54 Å². The lowest BCUT2D eigenvalue weighted by atomic mass is 10.1. The molecule has 4 unspecified atom stereocenters. The normalized spacial score (nSPS) is 23.3. The Morgan fingerprint density at radius 3 is 2.69 bits per heavy atom. The highest BCUT2D eigenvalue weighted by Gasteiger charge is 2.49. The van der Waals surface area contributed by atoms with Crippen molar-refractivity contribution in [2.75, 3.05) is 20.2 Å². The van der Waals surface area contributed by atoms with Crippen molar-refractivity contribution >= 4 is 29.5 Å². The second-order valence-corrected chi connectivity index (χ2v) is 7.68. The molecule has 2 aliphatic heterocycles. The Kier molecular flexibility index (Phi) is 6.49. The van der Waals surface area contributed by atoms with Crippen LogP contribution in [0.15, 0.2) is 29.3 Å². The second kappa shape index (κ2) is 8.87. The summed E-state index contributed by atoms with van der Waals surface area (Å²) < 4.78 is 5.61. The summed E-state index contributed by atoms with van der Waals surface area (Å²) in [6, 6.07) is 5.75. The maximum absolute atomic E-state index is 12.5. The predicted molar refractivity (Wildman–Crippen MR) is 109 cm³/mol. The van der Waals surface area contributed by atoms with Crippen LogP contribution in [0.5, 0.6) is 5.75 Å². The van der Waals surface area contributed by atoms with Crippen molar-refractivity contribution in [3.8, 4) is 5.75 Å². The Hall–Kier alpha value is -2.52. The molecule has 3 N–H and O–H groups in total. The van der Waals surface area contributed by atoms with E-state index in [1.165, 1.54) is 4.90 Å². The lowest BCUT2D eigenvalue weighted by Gasteiger charge is -2.37. The minimum Gasteiger partial charge on any atom is -0.491 e. The summed E-state index contributed by atoms with van der Waals surface area (Å²) in [5.41, 5.74) is 0. The van der Waals surface area contributed by atoms with E-state index < -0.39 is 30.2 Å². The molecule has 2 aliphatic rings. The number of likely N-dealkylation sites (N-methyl/N-ethyl adjacent to an activating group) is 1. The van der Waals surface area contributed by atoms with Gasteiger partial charge in [-0.05, 0) is 37.6 Å². The lowest BCUT2D eigenvalue weighted by molar-refractivity contribution is -0.127. The van der Waals surface area contributed by atoms with E-state index in [1.807, 2.05) is 13.8 Å². The molecule has 4 atom stereocenters. The van der Waals surface area contributed by atoms with E-state index in [0.717, 1.165) is 6.42 Å². The van der Waals surface area contributed by atoms with Crippen LogP contribution in [-0.4, -0.2) is 77.4 Å². The largest absolute Gasteiger partial charge is 0.491 e. The van der Waals surface area contributed by atoms with Gasteiger partial charge in [0.15, 0.2) is 18.2 Å². The van der Waals surface area contributed by atoms with E-state index in [1.54, 1.807) is 36.2 Å². The first-order valence-electron chi connectivity index (χ1n) is 9.55. The number of carbonyl (C=O) groups is 2. The minimum absolute atomic E-state index is 0.0303. The van der Waals surface area contributed by atoms with Crippen LogP contribution in [0.2, 0.25) is 5.02 Å². The summed E-state index contributed by atoms with van der Waals surface area (Å²) in [7, 11) is 1.59. The molecule has 158 valence electrons. The number of amides is 3. The first-order valence-corrected chi connectivity index (χ1v) is 9.93. The van der Waals surface area contributed by atoms with Gasteiger partial charge in [0.2, 0.25) is 0 Å². The highest BCUT2D eigenvalue weighted by Crippen LogP contribution is 2.24. The van der Waals surface area contributed by atoms with Crippen LogP contribution in [0.25, 0.3) is 0 Å². The molecule has 0 saturated carbocycles. The van der Waals surface area contributed by atoms with Gasteiger partial charge in [0.25, 0.3) is 5.91 Å². The number of aliphatic hydroxyl groups excluding tert-OH is 1. The molecule has 0 radical (unpaired) electrons. The molecule has 0 aliphatic carbocycles. The number of guanidine groups is 1. The number of imide groups is 1. The number of hydrogen-bond donors (Lipinski definition) is 3. The topological polar surface area (TPSA) is 106 Å². The second-order valence-electron chi connectivity index (χ2n) is 7.24. The Labute approximate surface area is 174 Å². The Morgan fingerprint density at radius 1 is 1.34 bits per heavy atom. The van der Waals surface area contributed by atoms with E-state index in [0.29, 0.717) is 16.7 Å². The third-order valence-corrected chi connectivity index (χ3v) is 5.26. The van der Waals surface area contributed by atoms with Gasteiger partial charge in [0, 0.05) is 18.1 Å². The summed E-state index contributed by atoms with van der Waals surface area (Å²) >= 11 is 5.86. The average molecular weight is 424 g/mol. The fourth-order valence-corrected chi connectivity index (χ4v) is 3.30. The summed E-state index contributed by atoms with van der Waals surface area (Å²) in [6.07, 6.45) is -0.679. The first-order chi connectivity index (χ1) is 13.8. The highest BCUT2D eigenvalue weighted by molar-refractivity contribution is 6.30. The summed E-state index contributed by atoms with van der Waals surface area (Å²) in [6.45, 7) is 4.18. The smallest absolute Gasteiger partial charge is 0.325 e. The molecular formula is C19H26ClN5O4. The van der Waals surface area contributed by atoms with E-state index in [2.05, 4.69) is 15.6 Å². The van der Waals surface area contributed by atoms with Gasteiger partial charge in [-0.1, -0.05) is 18.5 Å². The third kappa shape index (κ3) is 4.73. The van der Waals surface area contributed by atoms with E-state index in [-0.39, 0.29) is 19.2 Å². The lowest BCUT2D eigenvalue weighted by Crippen LogP contribution is -2.65. The molecule has 9 nitrogen and oxygen atoms in total.